The molecule has 2 aromatic heterocycles. The van der Waals surface area contributed by atoms with E-state index in [2.05, 4.69) is 31.0 Å². The highest BCUT2D eigenvalue weighted by molar-refractivity contribution is 9.10. The summed E-state index contributed by atoms with van der Waals surface area (Å²) in [5.41, 5.74) is 4.24. The summed E-state index contributed by atoms with van der Waals surface area (Å²) in [6.45, 7) is -0.714. The smallest absolute Gasteiger partial charge is 0.475 e. The zero-order chi connectivity index (χ0) is 20.8. The van der Waals surface area contributed by atoms with Crippen LogP contribution < -0.4 is 11.4 Å². The molecule has 27 heavy (non-hydrogen) atoms. The van der Waals surface area contributed by atoms with Crippen molar-refractivity contribution in [2.24, 2.45) is 5.73 Å². The van der Waals surface area contributed by atoms with Gasteiger partial charge in [0.25, 0.3) is 6.08 Å². The van der Waals surface area contributed by atoms with Gasteiger partial charge in [-0.15, -0.1) is 0 Å². The lowest BCUT2D eigenvalue weighted by atomic mass is 10.3. The number of carboxylic acids is 1. The number of rotatable bonds is 4. The Balaban J connectivity index is 0.000000445. The lowest BCUT2D eigenvalue weighted by Crippen LogP contribution is -2.26. The lowest BCUT2D eigenvalue weighted by Gasteiger charge is -2.02. The van der Waals surface area contributed by atoms with E-state index in [1.54, 1.807) is 0 Å². The van der Waals surface area contributed by atoms with Crippen LogP contribution in [0.3, 0.4) is 0 Å². The van der Waals surface area contributed by atoms with Crippen molar-refractivity contribution < 1.29 is 31.9 Å². The predicted molar refractivity (Wildman–Crippen MR) is 83.1 cm³/mol. The van der Waals surface area contributed by atoms with E-state index in [-0.39, 0.29) is 24.5 Å². The Kier molecular flexibility index (Phi) is 7.71. The van der Waals surface area contributed by atoms with E-state index in [0.717, 1.165) is 9.25 Å². The molecule has 0 bridgehead atoms. The van der Waals surface area contributed by atoms with Crippen LogP contribution in [0.15, 0.2) is 39.8 Å². The van der Waals surface area contributed by atoms with Crippen molar-refractivity contribution >= 4 is 21.9 Å². The number of halogens is 6. The zero-order valence-electron chi connectivity index (χ0n) is 13.0. The van der Waals surface area contributed by atoms with E-state index in [0.29, 0.717) is 4.60 Å². The molecule has 0 spiro atoms. The van der Waals surface area contributed by atoms with Gasteiger partial charge in [0.2, 0.25) is 0 Å². The highest BCUT2D eigenvalue weighted by atomic mass is 79.9. The second-order valence-electron chi connectivity index (χ2n) is 4.51. The SMILES string of the molecule is NCC(Cn1ncn(-c2cnc(Br)cn2)c1=O)=C(F)F.O=C(O)C(F)(F)F. The lowest BCUT2D eigenvalue weighted by molar-refractivity contribution is -0.192. The maximum Gasteiger partial charge on any atom is 0.490 e. The average Bonchev–Trinajstić information content (AvgIpc) is 2.93. The third-order valence-corrected chi connectivity index (χ3v) is 3.09. The Hall–Kier alpha value is -2.68. The Bertz CT molecular complexity index is 873. The molecule has 2 aromatic rings. The first kappa shape index (κ1) is 22.4. The average molecular weight is 461 g/mol. The summed E-state index contributed by atoms with van der Waals surface area (Å²) < 4.78 is 59.3. The van der Waals surface area contributed by atoms with Crippen molar-refractivity contribution in [3.63, 3.8) is 0 Å². The maximum absolute atomic E-state index is 12.5. The normalized spacial score (nSPS) is 10.8. The summed E-state index contributed by atoms with van der Waals surface area (Å²) in [6, 6.07) is 0. The van der Waals surface area contributed by atoms with Crippen LogP contribution in [-0.2, 0) is 11.3 Å². The zero-order valence-corrected chi connectivity index (χ0v) is 14.6. The van der Waals surface area contributed by atoms with Crippen molar-refractivity contribution in [3.05, 3.63) is 45.5 Å². The molecule has 2 heterocycles. The van der Waals surface area contributed by atoms with Gasteiger partial charge in [-0.25, -0.2) is 28.8 Å². The molecule has 0 radical (unpaired) electrons. The second-order valence-corrected chi connectivity index (χ2v) is 5.32. The van der Waals surface area contributed by atoms with Crippen molar-refractivity contribution in [3.8, 4) is 5.82 Å². The number of carboxylic acid groups (broad SMARTS) is 1. The third-order valence-electron chi connectivity index (χ3n) is 2.68. The summed E-state index contributed by atoms with van der Waals surface area (Å²) in [5, 5.41) is 10.9. The summed E-state index contributed by atoms with van der Waals surface area (Å²) >= 11 is 3.11. The van der Waals surface area contributed by atoms with Crippen LogP contribution in [0.4, 0.5) is 22.0 Å². The summed E-state index contributed by atoms with van der Waals surface area (Å²) in [7, 11) is 0. The number of nitrogens with zero attached hydrogens (tertiary/aromatic N) is 5. The van der Waals surface area contributed by atoms with Gasteiger partial charge in [-0.1, -0.05) is 0 Å². The maximum atomic E-state index is 12.5. The number of carbonyl (C=O) groups is 1. The van der Waals surface area contributed by atoms with Gasteiger partial charge in [-0.05, 0) is 15.9 Å². The molecule has 0 unspecified atom stereocenters. The van der Waals surface area contributed by atoms with Gasteiger partial charge in [0.15, 0.2) is 5.82 Å². The highest BCUT2D eigenvalue weighted by Crippen LogP contribution is 2.13. The van der Waals surface area contributed by atoms with Gasteiger partial charge in [0.05, 0.1) is 18.9 Å². The summed E-state index contributed by atoms with van der Waals surface area (Å²) in [4.78, 5) is 28.8. The van der Waals surface area contributed by atoms with Crippen LogP contribution >= 0.6 is 15.9 Å². The fourth-order valence-corrected chi connectivity index (χ4v) is 1.62. The molecule has 3 N–H and O–H groups in total. The van der Waals surface area contributed by atoms with E-state index < -0.39 is 23.9 Å². The van der Waals surface area contributed by atoms with E-state index in [1.807, 2.05) is 0 Å². The molecule has 0 aliphatic carbocycles. The first-order valence-electron chi connectivity index (χ1n) is 6.63. The number of aliphatic carboxylic acids is 1. The standard InChI is InChI=1S/C10H9BrF2N6O.C2HF3O2/c11-7-2-16-8(3-15-7)18-5-17-19(10(18)20)4-6(1-14)9(12)13;3-2(4,5)1(6)7/h2-3,5H,1,4,14H2;(H,6,7). The van der Waals surface area contributed by atoms with Crippen LogP contribution in [0.25, 0.3) is 5.82 Å². The number of hydrogen-bond donors (Lipinski definition) is 2. The fraction of sp³-hybridized carbons (Fsp3) is 0.250. The van der Waals surface area contributed by atoms with Crippen LogP contribution in [0.5, 0.6) is 0 Å². The Morgan fingerprint density at radius 1 is 1.26 bits per heavy atom. The van der Waals surface area contributed by atoms with E-state index in [1.165, 1.54) is 18.7 Å². The van der Waals surface area contributed by atoms with Gasteiger partial charge in [-0.2, -0.15) is 27.1 Å². The minimum Gasteiger partial charge on any atom is -0.475 e. The fourth-order valence-electron chi connectivity index (χ4n) is 1.41. The highest BCUT2D eigenvalue weighted by Gasteiger charge is 2.38. The van der Waals surface area contributed by atoms with Gasteiger partial charge < -0.3 is 10.8 Å². The molecule has 0 saturated heterocycles. The molecule has 2 rings (SSSR count). The topological polar surface area (TPSA) is 129 Å². The summed E-state index contributed by atoms with van der Waals surface area (Å²) in [5.74, 6) is -2.52. The Morgan fingerprint density at radius 3 is 2.26 bits per heavy atom. The van der Waals surface area contributed by atoms with Crippen molar-refractivity contribution in [2.75, 3.05) is 6.54 Å². The van der Waals surface area contributed by atoms with Crippen molar-refractivity contribution in [1.29, 1.82) is 0 Å². The third kappa shape index (κ3) is 6.52. The van der Waals surface area contributed by atoms with Crippen molar-refractivity contribution in [2.45, 2.75) is 12.7 Å². The number of nitrogens with two attached hydrogens (primary N) is 1. The minimum absolute atomic E-state index is 0.239. The minimum atomic E-state index is -5.08. The first-order valence-corrected chi connectivity index (χ1v) is 7.42. The van der Waals surface area contributed by atoms with Crippen LogP contribution in [-0.4, -0.2) is 48.1 Å². The van der Waals surface area contributed by atoms with Crippen molar-refractivity contribution in [1.82, 2.24) is 24.3 Å². The molecule has 0 aliphatic rings. The van der Waals surface area contributed by atoms with Crippen LogP contribution in [0.2, 0.25) is 0 Å². The first-order chi connectivity index (χ1) is 12.5. The molecule has 148 valence electrons. The molecule has 15 heteroatoms. The predicted octanol–water partition coefficient (Wildman–Crippen LogP) is 1.33. The van der Waals surface area contributed by atoms with Crippen LogP contribution in [0, 0.1) is 0 Å². The molecule has 0 saturated carbocycles. The molecule has 0 atom stereocenters. The van der Waals surface area contributed by atoms with E-state index in [4.69, 9.17) is 15.6 Å². The number of alkyl halides is 3. The quantitative estimate of drug-likeness (QED) is 0.658. The largest absolute Gasteiger partial charge is 0.490 e. The Labute approximate surface area is 155 Å². The molecular weight excluding hydrogens is 451 g/mol. The van der Waals surface area contributed by atoms with Gasteiger partial charge in [0, 0.05) is 12.1 Å². The van der Waals surface area contributed by atoms with E-state index in [9.17, 15) is 26.7 Å². The van der Waals surface area contributed by atoms with Gasteiger partial charge in [-0.3, -0.25) is 0 Å². The van der Waals surface area contributed by atoms with Gasteiger partial charge >= 0.3 is 17.8 Å². The number of aromatic nitrogens is 5. The summed E-state index contributed by atoms with van der Waals surface area (Å²) in [6.07, 6.45) is -3.04. The molecule has 0 amide bonds. The molecule has 9 nitrogen and oxygen atoms in total. The van der Waals surface area contributed by atoms with Gasteiger partial charge in [0.1, 0.15) is 10.9 Å². The molecular formula is C12H10BrF5N6O3. The Morgan fingerprint density at radius 2 is 1.85 bits per heavy atom. The monoisotopic (exact) mass is 460 g/mol. The second kappa shape index (κ2) is 9.31. The molecule has 0 fully saturated rings. The number of hydrogen-bond acceptors (Lipinski definition) is 6. The van der Waals surface area contributed by atoms with Crippen LogP contribution in [0.1, 0.15) is 0 Å². The molecule has 0 aliphatic heterocycles. The van der Waals surface area contributed by atoms with E-state index >= 15 is 0 Å². The molecule has 0 aromatic carbocycles.